The molecule has 1 spiro atoms. The van der Waals surface area contributed by atoms with Crippen LogP contribution in [0.25, 0.3) is 10.8 Å². The molecule has 0 bridgehead atoms. The van der Waals surface area contributed by atoms with Crippen molar-refractivity contribution < 1.29 is 14.5 Å². The molecule has 1 amide bonds. The summed E-state index contributed by atoms with van der Waals surface area (Å²) in [4.78, 5) is 28.2. The monoisotopic (exact) mass is 505 g/mol. The first-order valence-corrected chi connectivity index (χ1v) is 13.1. The number of nitrogens with one attached hydrogen (secondary N) is 1. The molecule has 0 aliphatic carbocycles. The Morgan fingerprint density at radius 3 is 2.58 bits per heavy atom. The number of fused-ring (bicyclic) bond motifs is 5. The molecule has 3 heterocycles. The minimum atomic E-state index is -1.30. The van der Waals surface area contributed by atoms with Crippen molar-refractivity contribution in [2.24, 2.45) is 0 Å². The van der Waals surface area contributed by atoms with E-state index in [4.69, 9.17) is 4.74 Å². The lowest BCUT2D eigenvalue weighted by Crippen LogP contribution is -2.55. The molecule has 4 atom stereocenters. The molecule has 0 aromatic heterocycles. The molecule has 7 heteroatoms. The maximum Gasteiger partial charge on any atom is 0.256 e. The molecule has 7 nitrogen and oxygen atoms in total. The van der Waals surface area contributed by atoms with Crippen LogP contribution >= 0.6 is 0 Å². The van der Waals surface area contributed by atoms with E-state index in [9.17, 15) is 14.9 Å². The first-order chi connectivity index (χ1) is 18.6. The number of ether oxygens (including phenoxy) is 1. The standard InChI is InChI=1S/C31H27N3O4/c35-30-31(25-11-3-4-12-26(25)32-30)29(34(36)37)28(27-13-6-18-33(27)31)21-14-16-23(17-15-21)38-19-22-9-5-8-20-7-1-2-10-24(20)22/h1-5,7-12,14-17,27-29H,6,13,18-19H2,(H,32,35)/t27-,28+,29+,31-/m0/s1. The number of carbonyl (C=O) groups excluding carboxylic acids is 1. The van der Waals surface area contributed by atoms with E-state index in [0.717, 1.165) is 34.9 Å². The molecule has 7 rings (SSSR count). The summed E-state index contributed by atoms with van der Waals surface area (Å²) >= 11 is 0. The lowest BCUT2D eigenvalue weighted by atomic mass is 9.77. The van der Waals surface area contributed by atoms with Crippen molar-refractivity contribution in [3.05, 3.63) is 118 Å². The van der Waals surface area contributed by atoms with Crippen LogP contribution in [0.1, 0.15) is 35.4 Å². The number of nitro groups is 1. The van der Waals surface area contributed by atoms with Gasteiger partial charge in [0.05, 0.1) is 5.92 Å². The SMILES string of the molecule is O=C1Nc2ccccc2[C@]12[C@H]([N+](=O)[O-])[C@H](c1ccc(OCc3cccc4ccccc34)cc1)[C@@H]1CCCN12. The molecule has 4 aromatic carbocycles. The van der Waals surface area contributed by atoms with Crippen LogP contribution in [-0.4, -0.2) is 34.4 Å². The van der Waals surface area contributed by atoms with E-state index in [-0.39, 0.29) is 16.9 Å². The van der Waals surface area contributed by atoms with Crippen LogP contribution in [0.2, 0.25) is 0 Å². The molecule has 2 fully saturated rings. The number of benzene rings is 4. The highest BCUT2D eigenvalue weighted by Crippen LogP contribution is 2.58. The summed E-state index contributed by atoms with van der Waals surface area (Å²) in [6.45, 7) is 1.09. The topological polar surface area (TPSA) is 84.7 Å². The fourth-order valence-electron chi connectivity index (χ4n) is 7.14. The van der Waals surface area contributed by atoms with Crippen LogP contribution in [0.5, 0.6) is 5.75 Å². The third kappa shape index (κ3) is 3.21. The number of hydrogen-bond acceptors (Lipinski definition) is 5. The number of amides is 1. The second-order valence-corrected chi connectivity index (χ2v) is 10.4. The van der Waals surface area contributed by atoms with E-state index < -0.39 is 17.5 Å². The Kier molecular flexibility index (Phi) is 5.23. The number of nitrogens with zero attached hydrogens (tertiary/aromatic N) is 2. The van der Waals surface area contributed by atoms with E-state index in [1.54, 1.807) is 0 Å². The molecule has 2 saturated heterocycles. The van der Waals surface area contributed by atoms with Crippen molar-refractivity contribution in [2.45, 2.75) is 43.0 Å². The molecule has 4 aromatic rings. The normalized spacial score (nSPS) is 25.9. The molecule has 190 valence electrons. The predicted molar refractivity (Wildman–Crippen MR) is 145 cm³/mol. The van der Waals surface area contributed by atoms with Gasteiger partial charge in [-0.25, -0.2) is 0 Å². The third-order valence-corrected chi connectivity index (χ3v) is 8.63. The minimum absolute atomic E-state index is 0.0789. The Balaban J connectivity index is 1.21. The average molecular weight is 506 g/mol. The smallest absolute Gasteiger partial charge is 0.256 e. The molecular formula is C31H27N3O4. The Morgan fingerprint density at radius 1 is 0.974 bits per heavy atom. The van der Waals surface area contributed by atoms with Crippen molar-refractivity contribution in [3.63, 3.8) is 0 Å². The summed E-state index contributed by atoms with van der Waals surface area (Å²) in [6, 6.07) is 28.3. The molecule has 0 unspecified atom stereocenters. The summed E-state index contributed by atoms with van der Waals surface area (Å²) in [6.07, 6.45) is 1.74. The van der Waals surface area contributed by atoms with Gasteiger partial charge in [0.2, 0.25) is 0 Å². The number of anilines is 1. The maximum absolute atomic E-state index is 13.6. The van der Waals surface area contributed by atoms with Crippen LogP contribution < -0.4 is 10.1 Å². The third-order valence-electron chi connectivity index (χ3n) is 8.63. The zero-order valence-electron chi connectivity index (χ0n) is 20.7. The summed E-state index contributed by atoms with van der Waals surface area (Å²) in [5, 5.41) is 18.0. The molecule has 0 saturated carbocycles. The summed E-state index contributed by atoms with van der Waals surface area (Å²) < 4.78 is 6.13. The summed E-state index contributed by atoms with van der Waals surface area (Å²) in [5.41, 5.74) is 2.07. The first-order valence-electron chi connectivity index (χ1n) is 13.1. The van der Waals surface area contributed by atoms with Gasteiger partial charge in [-0.15, -0.1) is 0 Å². The Morgan fingerprint density at radius 2 is 1.74 bits per heavy atom. The Hall–Kier alpha value is -4.23. The lowest BCUT2D eigenvalue weighted by molar-refractivity contribution is -0.534. The van der Waals surface area contributed by atoms with Gasteiger partial charge in [0, 0.05) is 28.8 Å². The van der Waals surface area contributed by atoms with Gasteiger partial charge in [-0.05, 0) is 52.9 Å². The fraction of sp³-hybridized carbons (Fsp3) is 0.258. The van der Waals surface area contributed by atoms with Crippen molar-refractivity contribution in [2.75, 3.05) is 11.9 Å². The van der Waals surface area contributed by atoms with Crippen molar-refractivity contribution in [1.82, 2.24) is 4.90 Å². The van der Waals surface area contributed by atoms with Gasteiger partial charge in [-0.2, -0.15) is 0 Å². The summed E-state index contributed by atoms with van der Waals surface area (Å²) in [7, 11) is 0. The van der Waals surface area contributed by atoms with E-state index in [2.05, 4.69) is 34.5 Å². The molecule has 38 heavy (non-hydrogen) atoms. The Bertz CT molecular complexity index is 1560. The van der Waals surface area contributed by atoms with Crippen molar-refractivity contribution >= 4 is 22.4 Å². The lowest BCUT2D eigenvalue weighted by Gasteiger charge is -2.32. The van der Waals surface area contributed by atoms with Gasteiger partial charge < -0.3 is 10.1 Å². The highest BCUT2D eigenvalue weighted by molar-refractivity contribution is 6.07. The van der Waals surface area contributed by atoms with Crippen LogP contribution in [0.4, 0.5) is 5.69 Å². The summed E-state index contributed by atoms with van der Waals surface area (Å²) in [5.74, 6) is 0.0145. The maximum atomic E-state index is 13.6. The van der Waals surface area contributed by atoms with Crippen LogP contribution in [-0.2, 0) is 16.9 Å². The van der Waals surface area contributed by atoms with Crippen molar-refractivity contribution in [1.29, 1.82) is 0 Å². The molecule has 0 radical (unpaired) electrons. The molecular weight excluding hydrogens is 478 g/mol. The van der Waals surface area contributed by atoms with Crippen LogP contribution in [0.3, 0.4) is 0 Å². The van der Waals surface area contributed by atoms with Gasteiger partial charge in [0.25, 0.3) is 11.9 Å². The predicted octanol–water partition coefficient (Wildman–Crippen LogP) is 5.47. The highest BCUT2D eigenvalue weighted by atomic mass is 16.6. The van der Waals surface area contributed by atoms with E-state index in [1.165, 1.54) is 5.39 Å². The van der Waals surface area contributed by atoms with Gasteiger partial charge >= 0.3 is 0 Å². The molecule has 1 N–H and O–H groups in total. The molecule has 3 aliphatic rings. The zero-order valence-corrected chi connectivity index (χ0v) is 20.7. The van der Waals surface area contributed by atoms with Gasteiger partial charge in [0.15, 0.2) is 5.54 Å². The highest BCUT2D eigenvalue weighted by Gasteiger charge is 2.73. The number of rotatable bonds is 5. The Labute approximate surface area is 220 Å². The first kappa shape index (κ1) is 22.9. The van der Waals surface area contributed by atoms with E-state index in [0.29, 0.717) is 24.6 Å². The van der Waals surface area contributed by atoms with Crippen molar-refractivity contribution in [3.8, 4) is 5.75 Å². The quantitative estimate of drug-likeness (QED) is 0.287. The van der Waals surface area contributed by atoms with E-state index >= 15 is 0 Å². The van der Waals surface area contributed by atoms with Crippen LogP contribution in [0.15, 0.2) is 91.0 Å². The second kappa shape index (κ2) is 8.67. The van der Waals surface area contributed by atoms with Crippen LogP contribution in [0, 0.1) is 10.1 Å². The second-order valence-electron chi connectivity index (χ2n) is 10.4. The largest absolute Gasteiger partial charge is 0.489 e. The molecule has 3 aliphatic heterocycles. The van der Waals surface area contributed by atoms with Gasteiger partial charge in [-0.3, -0.25) is 19.8 Å². The van der Waals surface area contributed by atoms with E-state index in [1.807, 2.05) is 66.7 Å². The number of carbonyl (C=O) groups is 1. The van der Waals surface area contributed by atoms with Gasteiger partial charge in [-0.1, -0.05) is 72.8 Å². The average Bonchev–Trinajstić information content (AvgIpc) is 3.61. The van der Waals surface area contributed by atoms with Gasteiger partial charge in [0.1, 0.15) is 12.4 Å². The number of para-hydroxylation sites is 1. The zero-order chi connectivity index (χ0) is 25.9. The number of hydrogen-bond donors (Lipinski definition) is 1. The fourth-order valence-corrected chi connectivity index (χ4v) is 7.14. The minimum Gasteiger partial charge on any atom is -0.489 e.